The second-order valence-electron chi connectivity index (χ2n) is 5.02. The number of amides is 1. The summed E-state index contributed by atoms with van der Waals surface area (Å²) < 4.78 is 3.70. The fraction of sp³-hybridized carbons (Fsp3) is 0.462. The lowest BCUT2D eigenvalue weighted by Gasteiger charge is -2.12. The summed E-state index contributed by atoms with van der Waals surface area (Å²) in [6.45, 7) is 4.53. The van der Waals surface area contributed by atoms with Crippen LogP contribution in [0, 0.1) is 0 Å². The average Bonchev–Trinajstić information content (AvgIpc) is 2.96. The number of carbonyl (C=O) groups excluding carboxylic acids is 1. The van der Waals surface area contributed by atoms with Crippen LogP contribution in [0.2, 0.25) is 0 Å². The molecule has 0 aliphatic heterocycles. The van der Waals surface area contributed by atoms with Gasteiger partial charge in [0, 0.05) is 32.3 Å². The first-order valence-corrected chi connectivity index (χ1v) is 6.57. The number of aryl methyl sites for hydroxylation is 1. The Labute approximate surface area is 117 Å². The number of hydrogen-bond donors (Lipinski definition) is 2. The zero-order chi connectivity index (χ0) is 14.7. The standard InChI is InChI=1S/C13H20N6O/c1-9(2)19-7-10(14)6-11(19)13(20)15-5-4-12-17-16-8-18(12)3/h6-9H,4-5,14H2,1-3H3,(H,15,20). The van der Waals surface area contributed by atoms with Crippen molar-refractivity contribution in [3.8, 4) is 0 Å². The molecule has 0 saturated carbocycles. The van der Waals surface area contributed by atoms with Gasteiger partial charge in [-0.3, -0.25) is 4.79 Å². The summed E-state index contributed by atoms with van der Waals surface area (Å²) >= 11 is 0. The summed E-state index contributed by atoms with van der Waals surface area (Å²) in [6.07, 6.45) is 4.06. The highest BCUT2D eigenvalue weighted by Gasteiger charge is 2.14. The van der Waals surface area contributed by atoms with Gasteiger partial charge in [-0.15, -0.1) is 10.2 Å². The highest BCUT2D eigenvalue weighted by Crippen LogP contribution is 2.16. The fourth-order valence-corrected chi connectivity index (χ4v) is 2.02. The first kappa shape index (κ1) is 14.1. The smallest absolute Gasteiger partial charge is 0.268 e. The van der Waals surface area contributed by atoms with Gasteiger partial charge in [-0.1, -0.05) is 0 Å². The molecule has 108 valence electrons. The summed E-state index contributed by atoms with van der Waals surface area (Å²) in [5.74, 6) is 0.710. The van der Waals surface area contributed by atoms with E-state index in [-0.39, 0.29) is 11.9 Å². The predicted molar refractivity (Wildman–Crippen MR) is 76.3 cm³/mol. The van der Waals surface area contributed by atoms with Crippen molar-refractivity contribution in [2.24, 2.45) is 7.05 Å². The molecule has 7 heteroatoms. The van der Waals surface area contributed by atoms with E-state index < -0.39 is 0 Å². The van der Waals surface area contributed by atoms with Gasteiger partial charge in [0.1, 0.15) is 17.8 Å². The number of nitrogen functional groups attached to an aromatic ring is 1. The van der Waals surface area contributed by atoms with Crippen molar-refractivity contribution in [3.05, 3.63) is 30.1 Å². The van der Waals surface area contributed by atoms with Gasteiger partial charge in [-0.25, -0.2) is 0 Å². The van der Waals surface area contributed by atoms with Crippen LogP contribution >= 0.6 is 0 Å². The third-order valence-corrected chi connectivity index (χ3v) is 3.10. The van der Waals surface area contributed by atoms with E-state index in [1.807, 2.05) is 30.0 Å². The molecule has 0 radical (unpaired) electrons. The Balaban J connectivity index is 1.97. The molecule has 0 unspecified atom stereocenters. The van der Waals surface area contributed by atoms with Gasteiger partial charge in [0.25, 0.3) is 5.91 Å². The summed E-state index contributed by atoms with van der Waals surface area (Å²) in [7, 11) is 1.88. The van der Waals surface area contributed by atoms with Gasteiger partial charge in [-0.2, -0.15) is 0 Å². The second kappa shape index (κ2) is 5.77. The van der Waals surface area contributed by atoms with Crippen LogP contribution in [-0.4, -0.2) is 31.8 Å². The van der Waals surface area contributed by atoms with E-state index in [1.165, 1.54) is 0 Å². The van der Waals surface area contributed by atoms with E-state index in [9.17, 15) is 4.79 Å². The van der Waals surface area contributed by atoms with Gasteiger partial charge in [-0.05, 0) is 19.9 Å². The van der Waals surface area contributed by atoms with Crippen LogP contribution < -0.4 is 11.1 Å². The molecule has 1 amide bonds. The number of anilines is 1. The molecular formula is C13H20N6O. The van der Waals surface area contributed by atoms with Gasteiger partial charge in [0.05, 0.1) is 5.69 Å². The number of nitrogens with one attached hydrogen (secondary N) is 1. The topological polar surface area (TPSA) is 90.8 Å². The average molecular weight is 276 g/mol. The molecule has 0 aromatic carbocycles. The van der Waals surface area contributed by atoms with Crippen molar-refractivity contribution in [1.29, 1.82) is 0 Å². The van der Waals surface area contributed by atoms with Crippen molar-refractivity contribution < 1.29 is 4.79 Å². The van der Waals surface area contributed by atoms with Crippen LogP contribution in [-0.2, 0) is 13.5 Å². The van der Waals surface area contributed by atoms with Crippen LogP contribution in [0.25, 0.3) is 0 Å². The molecule has 2 aromatic rings. The predicted octanol–water partition coefficient (Wildman–Crippen LogP) is 0.752. The summed E-state index contributed by atoms with van der Waals surface area (Å²) in [6, 6.07) is 1.88. The van der Waals surface area contributed by atoms with E-state index >= 15 is 0 Å². The van der Waals surface area contributed by atoms with Crippen molar-refractivity contribution in [3.63, 3.8) is 0 Å². The number of hydrogen-bond acceptors (Lipinski definition) is 4. The lowest BCUT2D eigenvalue weighted by Crippen LogP contribution is -2.28. The highest BCUT2D eigenvalue weighted by molar-refractivity contribution is 5.93. The van der Waals surface area contributed by atoms with E-state index in [1.54, 1.807) is 18.6 Å². The highest BCUT2D eigenvalue weighted by atomic mass is 16.1. The van der Waals surface area contributed by atoms with Crippen LogP contribution in [0.3, 0.4) is 0 Å². The number of nitrogens with two attached hydrogens (primary N) is 1. The molecule has 0 atom stereocenters. The van der Waals surface area contributed by atoms with Crippen molar-refractivity contribution in [2.75, 3.05) is 12.3 Å². The maximum Gasteiger partial charge on any atom is 0.268 e. The third-order valence-electron chi connectivity index (χ3n) is 3.10. The van der Waals surface area contributed by atoms with E-state index in [4.69, 9.17) is 5.73 Å². The minimum absolute atomic E-state index is 0.127. The summed E-state index contributed by atoms with van der Waals surface area (Å²) in [5, 5.41) is 10.6. The molecule has 0 saturated heterocycles. The first-order valence-electron chi connectivity index (χ1n) is 6.57. The van der Waals surface area contributed by atoms with Crippen LogP contribution in [0.4, 0.5) is 5.69 Å². The van der Waals surface area contributed by atoms with E-state index in [0.29, 0.717) is 24.3 Å². The normalized spacial score (nSPS) is 11.0. The molecular weight excluding hydrogens is 256 g/mol. The fourth-order valence-electron chi connectivity index (χ4n) is 2.02. The number of nitrogens with zero attached hydrogens (tertiary/aromatic N) is 4. The van der Waals surface area contributed by atoms with E-state index in [0.717, 1.165) is 5.82 Å². The van der Waals surface area contributed by atoms with Crippen LogP contribution in [0.15, 0.2) is 18.6 Å². The Bertz CT molecular complexity index is 598. The number of aromatic nitrogens is 4. The monoisotopic (exact) mass is 276 g/mol. The molecule has 2 aromatic heterocycles. The molecule has 7 nitrogen and oxygen atoms in total. The van der Waals surface area contributed by atoms with Crippen molar-refractivity contribution >= 4 is 11.6 Å². The minimum Gasteiger partial charge on any atom is -0.397 e. The maximum atomic E-state index is 12.2. The lowest BCUT2D eigenvalue weighted by molar-refractivity contribution is 0.0943. The Kier molecular flexibility index (Phi) is 4.07. The lowest BCUT2D eigenvalue weighted by atomic mass is 10.3. The van der Waals surface area contributed by atoms with Crippen LogP contribution in [0.5, 0.6) is 0 Å². The van der Waals surface area contributed by atoms with Crippen molar-refractivity contribution in [2.45, 2.75) is 26.3 Å². The zero-order valence-electron chi connectivity index (χ0n) is 12.0. The Morgan fingerprint density at radius 2 is 2.25 bits per heavy atom. The number of rotatable bonds is 5. The molecule has 3 N–H and O–H groups in total. The first-order chi connectivity index (χ1) is 9.49. The molecule has 2 rings (SSSR count). The van der Waals surface area contributed by atoms with Gasteiger partial charge >= 0.3 is 0 Å². The number of carbonyl (C=O) groups is 1. The second-order valence-corrected chi connectivity index (χ2v) is 5.02. The SMILES string of the molecule is CC(C)n1cc(N)cc1C(=O)NCCc1nncn1C. The quantitative estimate of drug-likeness (QED) is 0.843. The Morgan fingerprint density at radius 1 is 1.50 bits per heavy atom. The van der Waals surface area contributed by atoms with Gasteiger partial charge in [0.15, 0.2) is 0 Å². The minimum atomic E-state index is -0.127. The van der Waals surface area contributed by atoms with Crippen molar-refractivity contribution in [1.82, 2.24) is 24.6 Å². The molecule has 20 heavy (non-hydrogen) atoms. The van der Waals surface area contributed by atoms with Crippen LogP contribution in [0.1, 0.15) is 36.2 Å². The van der Waals surface area contributed by atoms with E-state index in [2.05, 4.69) is 15.5 Å². The van der Waals surface area contributed by atoms with Gasteiger partial charge in [0.2, 0.25) is 0 Å². The largest absolute Gasteiger partial charge is 0.397 e. The summed E-state index contributed by atoms with van der Waals surface area (Å²) in [4.78, 5) is 12.2. The summed E-state index contributed by atoms with van der Waals surface area (Å²) in [5.41, 5.74) is 6.93. The molecule has 2 heterocycles. The molecule has 0 aliphatic rings. The molecule has 0 aliphatic carbocycles. The third kappa shape index (κ3) is 2.98. The maximum absolute atomic E-state index is 12.2. The molecule has 0 fully saturated rings. The molecule has 0 bridgehead atoms. The molecule has 0 spiro atoms. The Hall–Kier alpha value is -2.31. The van der Waals surface area contributed by atoms with Gasteiger partial charge < -0.3 is 20.2 Å². The Morgan fingerprint density at radius 3 is 2.85 bits per heavy atom. The zero-order valence-corrected chi connectivity index (χ0v) is 12.0.